The molecular formula is C20H26N8. The van der Waals surface area contributed by atoms with Crippen molar-refractivity contribution >= 4 is 28.6 Å². The zero-order chi connectivity index (χ0) is 19.1. The van der Waals surface area contributed by atoms with Gasteiger partial charge >= 0.3 is 0 Å². The predicted octanol–water partition coefficient (Wildman–Crippen LogP) is 2.83. The third kappa shape index (κ3) is 3.17. The smallest absolute Gasteiger partial charge is 0.227 e. The summed E-state index contributed by atoms with van der Waals surface area (Å²) >= 11 is 0. The highest BCUT2D eigenvalue weighted by Gasteiger charge is 2.31. The van der Waals surface area contributed by atoms with Crippen LogP contribution in [0.4, 0.5) is 17.6 Å². The first-order valence-electron chi connectivity index (χ1n) is 10.1. The van der Waals surface area contributed by atoms with Gasteiger partial charge in [0.15, 0.2) is 0 Å². The third-order valence-electron chi connectivity index (χ3n) is 5.79. The first kappa shape index (κ1) is 17.4. The first-order valence-corrected chi connectivity index (χ1v) is 10.1. The summed E-state index contributed by atoms with van der Waals surface area (Å²) in [6.07, 6.45) is 8.08. The average Bonchev–Trinajstić information content (AvgIpc) is 3.34. The molecule has 2 saturated heterocycles. The maximum atomic E-state index is 4.75. The highest BCUT2D eigenvalue weighted by molar-refractivity contribution is 5.78. The summed E-state index contributed by atoms with van der Waals surface area (Å²) in [5.74, 6) is 2.33. The Kier molecular flexibility index (Phi) is 4.35. The lowest BCUT2D eigenvalue weighted by Crippen LogP contribution is -2.50. The van der Waals surface area contributed by atoms with Gasteiger partial charge in [0.25, 0.3) is 0 Å². The van der Waals surface area contributed by atoms with Crippen molar-refractivity contribution in [1.82, 2.24) is 29.4 Å². The molecule has 0 bridgehead atoms. The average molecular weight is 378 g/mol. The number of nitrogens with one attached hydrogen (secondary N) is 1. The second-order valence-electron chi connectivity index (χ2n) is 7.95. The van der Waals surface area contributed by atoms with Crippen molar-refractivity contribution in [3.8, 4) is 0 Å². The number of piperazine rings is 1. The van der Waals surface area contributed by atoms with Gasteiger partial charge in [-0.25, -0.2) is 15.0 Å². The van der Waals surface area contributed by atoms with Crippen molar-refractivity contribution in [2.24, 2.45) is 0 Å². The van der Waals surface area contributed by atoms with E-state index in [2.05, 4.69) is 48.5 Å². The number of fused-ring (bicyclic) bond motifs is 2. The normalized spacial score (nSPS) is 20.1. The SMILES string of the molecule is CC(C)n1cnc2cnc(Nc3ccnc(N4CCN5CCCC5C4)n3)cc21. The molecule has 8 nitrogen and oxygen atoms in total. The quantitative estimate of drug-likeness (QED) is 0.748. The number of imidazole rings is 1. The van der Waals surface area contributed by atoms with Crippen LogP contribution in [0.15, 0.2) is 30.9 Å². The highest BCUT2D eigenvalue weighted by Crippen LogP contribution is 2.25. The zero-order valence-electron chi connectivity index (χ0n) is 16.4. The molecule has 0 aromatic carbocycles. The lowest BCUT2D eigenvalue weighted by Gasteiger charge is -2.37. The fourth-order valence-corrected chi connectivity index (χ4v) is 4.28. The van der Waals surface area contributed by atoms with Gasteiger partial charge in [0, 0.05) is 44.0 Å². The molecule has 1 unspecified atom stereocenters. The molecule has 5 heterocycles. The Morgan fingerprint density at radius 3 is 2.93 bits per heavy atom. The Bertz CT molecular complexity index is 981. The molecule has 8 heteroatoms. The zero-order valence-corrected chi connectivity index (χ0v) is 16.4. The molecule has 0 saturated carbocycles. The Hall–Kier alpha value is -2.74. The summed E-state index contributed by atoms with van der Waals surface area (Å²) in [5, 5.41) is 3.34. The van der Waals surface area contributed by atoms with Crippen LogP contribution in [0, 0.1) is 0 Å². The molecule has 28 heavy (non-hydrogen) atoms. The molecule has 146 valence electrons. The molecule has 0 amide bonds. The van der Waals surface area contributed by atoms with Crippen molar-refractivity contribution in [3.05, 3.63) is 30.9 Å². The predicted molar refractivity (Wildman–Crippen MR) is 110 cm³/mol. The van der Waals surface area contributed by atoms with Gasteiger partial charge in [-0.05, 0) is 39.3 Å². The molecule has 3 aromatic heterocycles. The lowest BCUT2D eigenvalue weighted by molar-refractivity contribution is 0.229. The first-order chi connectivity index (χ1) is 13.7. The van der Waals surface area contributed by atoms with Crippen molar-refractivity contribution in [3.63, 3.8) is 0 Å². The number of pyridine rings is 1. The molecular weight excluding hydrogens is 352 g/mol. The molecule has 2 fully saturated rings. The Labute approximate surface area is 164 Å². The Morgan fingerprint density at radius 1 is 1.11 bits per heavy atom. The fourth-order valence-electron chi connectivity index (χ4n) is 4.28. The van der Waals surface area contributed by atoms with E-state index in [0.717, 1.165) is 48.3 Å². The molecule has 2 aliphatic heterocycles. The van der Waals surface area contributed by atoms with Crippen LogP contribution in [0.3, 0.4) is 0 Å². The number of hydrogen-bond donors (Lipinski definition) is 1. The maximum absolute atomic E-state index is 4.75. The van der Waals surface area contributed by atoms with E-state index in [0.29, 0.717) is 12.1 Å². The topological polar surface area (TPSA) is 75.0 Å². The Morgan fingerprint density at radius 2 is 2.04 bits per heavy atom. The number of hydrogen-bond acceptors (Lipinski definition) is 7. The van der Waals surface area contributed by atoms with E-state index in [-0.39, 0.29) is 0 Å². The summed E-state index contributed by atoms with van der Waals surface area (Å²) in [4.78, 5) is 23.1. The minimum atomic E-state index is 0.347. The molecule has 1 atom stereocenters. The van der Waals surface area contributed by atoms with Crippen LogP contribution in [0.2, 0.25) is 0 Å². The third-order valence-corrected chi connectivity index (χ3v) is 5.79. The van der Waals surface area contributed by atoms with Crippen molar-refractivity contribution in [2.45, 2.75) is 38.8 Å². The standard InChI is InChI=1S/C20H26N8/c1-14(2)28-13-23-16-11-22-19(10-17(16)28)24-18-5-6-21-20(25-18)27-9-8-26-7-3-4-15(26)12-27/h5-6,10-11,13-15H,3-4,7-9,12H2,1-2H3,(H,21,22,24,25). The van der Waals surface area contributed by atoms with Gasteiger partial charge in [0.2, 0.25) is 5.95 Å². The van der Waals surface area contributed by atoms with Gasteiger partial charge in [-0.2, -0.15) is 4.98 Å². The minimum absolute atomic E-state index is 0.347. The molecule has 5 rings (SSSR count). The van der Waals surface area contributed by atoms with Crippen LogP contribution in [-0.4, -0.2) is 61.6 Å². The summed E-state index contributed by atoms with van der Waals surface area (Å²) in [5.41, 5.74) is 1.97. The van der Waals surface area contributed by atoms with E-state index in [4.69, 9.17) is 4.98 Å². The van der Waals surface area contributed by atoms with Crippen molar-refractivity contribution < 1.29 is 0 Å². The van der Waals surface area contributed by atoms with E-state index >= 15 is 0 Å². The van der Waals surface area contributed by atoms with Gasteiger partial charge in [0.05, 0.1) is 18.0 Å². The largest absolute Gasteiger partial charge is 0.338 e. The lowest BCUT2D eigenvalue weighted by atomic mass is 10.2. The second-order valence-corrected chi connectivity index (χ2v) is 7.95. The Balaban J connectivity index is 1.36. The maximum Gasteiger partial charge on any atom is 0.227 e. The highest BCUT2D eigenvalue weighted by atomic mass is 15.3. The van der Waals surface area contributed by atoms with Gasteiger partial charge in [0.1, 0.15) is 17.2 Å². The number of aromatic nitrogens is 5. The molecule has 2 aliphatic rings. The van der Waals surface area contributed by atoms with Crippen LogP contribution in [-0.2, 0) is 0 Å². The fraction of sp³-hybridized carbons (Fsp3) is 0.500. The molecule has 0 spiro atoms. The van der Waals surface area contributed by atoms with Gasteiger partial charge < -0.3 is 14.8 Å². The summed E-state index contributed by atoms with van der Waals surface area (Å²) in [7, 11) is 0. The van der Waals surface area contributed by atoms with Crippen molar-refractivity contribution in [1.29, 1.82) is 0 Å². The molecule has 0 aliphatic carbocycles. The monoisotopic (exact) mass is 378 g/mol. The number of anilines is 3. The second kappa shape index (κ2) is 7.01. The summed E-state index contributed by atoms with van der Waals surface area (Å²) in [6.45, 7) is 8.63. The van der Waals surface area contributed by atoms with Gasteiger partial charge in [-0.1, -0.05) is 0 Å². The minimum Gasteiger partial charge on any atom is -0.338 e. The van der Waals surface area contributed by atoms with Crippen LogP contribution >= 0.6 is 0 Å². The molecule has 0 radical (unpaired) electrons. The number of rotatable bonds is 4. The molecule has 3 aromatic rings. The van der Waals surface area contributed by atoms with Crippen LogP contribution in [0.1, 0.15) is 32.7 Å². The van der Waals surface area contributed by atoms with E-state index < -0.39 is 0 Å². The van der Waals surface area contributed by atoms with Gasteiger partial charge in [-0.15, -0.1) is 0 Å². The van der Waals surface area contributed by atoms with E-state index in [1.807, 2.05) is 24.7 Å². The van der Waals surface area contributed by atoms with Gasteiger partial charge in [-0.3, -0.25) is 4.90 Å². The van der Waals surface area contributed by atoms with E-state index in [1.54, 1.807) is 6.20 Å². The summed E-state index contributed by atoms with van der Waals surface area (Å²) in [6, 6.07) is 4.91. The van der Waals surface area contributed by atoms with Crippen molar-refractivity contribution in [2.75, 3.05) is 36.4 Å². The van der Waals surface area contributed by atoms with E-state index in [9.17, 15) is 0 Å². The van der Waals surface area contributed by atoms with Crippen LogP contribution < -0.4 is 10.2 Å². The molecule has 1 N–H and O–H groups in total. The van der Waals surface area contributed by atoms with Crippen LogP contribution in [0.5, 0.6) is 0 Å². The van der Waals surface area contributed by atoms with Crippen LogP contribution in [0.25, 0.3) is 11.0 Å². The number of nitrogens with zero attached hydrogens (tertiary/aromatic N) is 7. The van der Waals surface area contributed by atoms with E-state index in [1.165, 1.54) is 19.4 Å². The summed E-state index contributed by atoms with van der Waals surface area (Å²) < 4.78 is 2.15.